The second-order valence-corrected chi connectivity index (χ2v) is 10.8. The number of nitrogens with one attached hydrogen (secondary N) is 2. The summed E-state index contributed by atoms with van der Waals surface area (Å²) in [5.41, 5.74) is 0.308. The zero-order valence-electron chi connectivity index (χ0n) is 15.6. The molecule has 1 unspecified atom stereocenters. The van der Waals surface area contributed by atoms with E-state index in [1.165, 1.54) is 0 Å². The van der Waals surface area contributed by atoms with E-state index < -0.39 is 21.2 Å². The van der Waals surface area contributed by atoms with Crippen LogP contribution in [0.5, 0.6) is 0 Å². The van der Waals surface area contributed by atoms with Crippen LogP contribution in [0.2, 0.25) is 0 Å². The van der Waals surface area contributed by atoms with Crippen molar-refractivity contribution in [2.75, 3.05) is 18.6 Å². The molecule has 9 heteroatoms. The highest BCUT2D eigenvalue weighted by molar-refractivity contribution is 7.91. The monoisotopic (exact) mass is 400 g/mol. The van der Waals surface area contributed by atoms with Gasteiger partial charge in [0.1, 0.15) is 12.0 Å². The molecule has 150 valence electrons. The van der Waals surface area contributed by atoms with Gasteiger partial charge in [-0.3, -0.25) is 5.32 Å². The molecule has 0 amide bonds. The SMILES string of the molecule is CNC1c2cc[nH]c2N=CN1C1CC(CS(=O)(=O)CC2(C)CC(F)(F)C2)C1. The van der Waals surface area contributed by atoms with Gasteiger partial charge in [-0.25, -0.2) is 22.2 Å². The van der Waals surface area contributed by atoms with Gasteiger partial charge in [0.15, 0.2) is 9.84 Å². The van der Waals surface area contributed by atoms with Crippen LogP contribution in [0.25, 0.3) is 0 Å². The minimum atomic E-state index is -3.33. The smallest absolute Gasteiger partial charge is 0.249 e. The van der Waals surface area contributed by atoms with Crippen LogP contribution < -0.4 is 5.32 Å². The van der Waals surface area contributed by atoms with Crippen molar-refractivity contribution in [2.24, 2.45) is 16.3 Å². The molecule has 0 saturated heterocycles. The fourth-order valence-corrected chi connectivity index (χ4v) is 7.37. The maximum absolute atomic E-state index is 13.1. The van der Waals surface area contributed by atoms with Crippen LogP contribution in [0.4, 0.5) is 14.6 Å². The predicted octanol–water partition coefficient (Wildman–Crippen LogP) is 2.84. The Labute approximate surface area is 158 Å². The molecule has 0 aromatic carbocycles. The number of H-pyrrole nitrogens is 1. The number of halogens is 2. The van der Waals surface area contributed by atoms with Gasteiger partial charge in [0.2, 0.25) is 5.92 Å². The number of nitrogens with zero attached hydrogens (tertiary/aromatic N) is 2. The summed E-state index contributed by atoms with van der Waals surface area (Å²) < 4.78 is 51.2. The third-order valence-electron chi connectivity index (χ3n) is 6.00. The van der Waals surface area contributed by atoms with Crippen molar-refractivity contribution in [1.29, 1.82) is 0 Å². The van der Waals surface area contributed by atoms with Gasteiger partial charge >= 0.3 is 0 Å². The summed E-state index contributed by atoms with van der Waals surface area (Å²) in [4.78, 5) is 9.68. The van der Waals surface area contributed by atoms with Gasteiger partial charge in [-0.1, -0.05) is 6.92 Å². The fourth-order valence-electron chi connectivity index (χ4n) is 4.99. The second kappa shape index (κ2) is 6.27. The Morgan fingerprint density at radius 2 is 2.07 bits per heavy atom. The third kappa shape index (κ3) is 3.63. The maximum Gasteiger partial charge on any atom is 0.249 e. The van der Waals surface area contributed by atoms with E-state index in [4.69, 9.17) is 0 Å². The highest BCUT2D eigenvalue weighted by Gasteiger charge is 2.55. The first-order valence-electron chi connectivity index (χ1n) is 9.34. The molecule has 1 aromatic heterocycles. The van der Waals surface area contributed by atoms with Gasteiger partial charge in [-0.05, 0) is 37.3 Å². The largest absolute Gasteiger partial charge is 0.346 e. The summed E-state index contributed by atoms with van der Waals surface area (Å²) in [6.07, 6.45) is 4.59. The van der Waals surface area contributed by atoms with E-state index in [0.717, 1.165) is 24.2 Å². The molecule has 0 radical (unpaired) electrons. The number of hydrogen-bond donors (Lipinski definition) is 2. The van der Waals surface area contributed by atoms with Crippen molar-refractivity contribution in [2.45, 2.75) is 50.7 Å². The second-order valence-electron chi connectivity index (χ2n) is 8.73. The van der Waals surface area contributed by atoms with Crippen molar-refractivity contribution in [3.8, 4) is 0 Å². The van der Waals surface area contributed by atoms with Crippen LogP contribution in [0, 0.1) is 11.3 Å². The lowest BCUT2D eigenvalue weighted by Crippen LogP contribution is -2.52. The number of aromatic amines is 1. The number of aliphatic imine (C=N–C) groups is 1. The van der Waals surface area contributed by atoms with E-state index in [1.807, 2.05) is 25.6 Å². The molecule has 2 aliphatic carbocycles. The molecular weight excluding hydrogens is 374 g/mol. The molecule has 27 heavy (non-hydrogen) atoms. The quantitative estimate of drug-likeness (QED) is 0.770. The summed E-state index contributed by atoms with van der Waals surface area (Å²) in [6.45, 7) is 1.65. The topological polar surface area (TPSA) is 77.6 Å². The molecule has 0 spiro atoms. The van der Waals surface area contributed by atoms with Crippen LogP contribution in [-0.2, 0) is 9.84 Å². The van der Waals surface area contributed by atoms with Crippen LogP contribution in [-0.4, -0.2) is 55.2 Å². The number of alkyl halides is 2. The number of fused-ring (bicyclic) bond motifs is 1. The molecular formula is C18H26F2N4O2S. The highest BCUT2D eigenvalue weighted by Crippen LogP contribution is 2.52. The molecule has 1 aromatic rings. The van der Waals surface area contributed by atoms with Crippen LogP contribution >= 0.6 is 0 Å². The van der Waals surface area contributed by atoms with E-state index >= 15 is 0 Å². The minimum absolute atomic E-state index is 0.0161. The number of hydrogen-bond acceptors (Lipinski definition) is 5. The van der Waals surface area contributed by atoms with E-state index in [-0.39, 0.29) is 42.5 Å². The standard InChI is InChI=1S/C18H26F2N4O2S/c1-17(8-18(19,20)9-17)10-27(25,26)7-12-5-13(6-12)24-11-23-15-14(3-4-22-15)16(24)21-2/h3-4,11-13,16,21-22H,5-10H2,1-2H3. The molecule has 2 fully saturated rings. The van der Waals surface area contributed by atoms with Gasteiger partial charge in [-0.2, -0.15) is 0 Å². The van der Waals surface area contributed by atoms with Crippen molar-refractivity contribution in [1.82, 2.24) is 15.2 Å². The summed E-state index contributed by atoms with van der Waals surface area (Å²) in [5.74, 6) is -1.81. The molecule has 1 aliphatic heterocycles. The first kappa shape index (κ1) is 18.9. The number of rotatable bonds is 6. The van der Waals surface area contributed by atoms with Gasteiger partial charge in [0.05, 0.1) is 17.8 Å². The van der Waals surface area contributed by atoms with Crippen LogP contribution in [0.15, 0.2) is 17.3 Å². The zero-order valence-corrected chi connectivity index (χ0v) is 16.4. The maximum atomic E-state index is 13.1. The van der Waals surface area contributed by atoms with E-state index in [2.05, 4.69) is 20.2 Å². The summed E-state index contributed by atoms with van der Waals surface area (Å²) in [5, 5.41) is 3.29. The molecule has 4 rings (SSSR count). The van der Waals surface area contributed by atoms with Crippen LogP contribution in [0.3, 0.4) is 0 Å². The Balaban J connectivity index is 1.32. The summed E-state index contributed by atoms with van der Waals surface area (Å²) in [7, 11) is -1.44. The Kier molecular flexibility index (Phi) is 4.38. The first-order valence-corrected chi connectivity index (χ1v) is 11.2. The molecule has 1 atom stereocenters. The van der Waals surface area contributed by atoms with Crippen molar-refractivity contribution in [3.63, 3.8) is 0 Å². The molecule has 0 bridgehead atoms. The lowest BCUT2D eigenvalue weighted by Gasteiger charge is -2.47. The number of sulfone groups is 1. The zero-order chi connectivity index (χ0) is 19.4. The van der Waals surface area contributed by atoms with Crippen LogP contribution in [0.1, 0.15) is 44.3 Å². The van der Waals surface area contributed by atoms with Crippen molar-refractivity contribution >= 4 is 22.0 Å². The normalized spacial score (nSPS) is 31.1. The average Bonchev–Trinajstić information content (AvgIpc) is 2.95. The lowest BCUT2D eigenvalue weighted by atomic mass is 9.69. The number of aromatic nitrogens is 1. The van der Waals surface area contributed by atoms with Crippen molar-refractivity contribution < 1.29 is 17.2 Å². The predicted molar refractivity (Wildman–Crippen MR) is 100 cm³/mol. The van der Waals surface area contributed by atoms with Gasteiger partial charge in [0.25, 0.3) is 0 Å². The average molecular weight is 400 g/mol. The van der Waals surface area contributed by atoms with Crippen molar-refractivity contribution in [3.05, 3.63) is 17.8 Å². The third-order valence-corrected chi connectivity index (χ3v) is 8.12. The molecule has 2 saturated carbocycles. The van der Waals surface area contributed by atoms with Gasteiger partial charge < -0.3 is 9.88 Å². The highest BCUT2D eigenvalue weighted by atomic mass is 32.2. The Morgan fingerprint density at radius 3 is 2.70 bits per heavy atom. The Hall–Kier alpha value is -1.48. The minimum Gasteiger partial charge on any atom is -0.346 e. The fraction of sp³-hybridized carbons (Fsp3) is 0.722. The molecule has 2 heterocycles. The summed E-state index contributed by atoms with van der Waals surface area (Å²) >= 11 is 0. The Morgan fingerprint density at radius 1 is 1.37 bits per heavy atom. The molecule has 6 nitrogen and oxygen atoms in total. The molecule has 2 N–H and O–H groups in total. The van der Waals surface area contributed by atoms with Gasteiger partial charge in [0, 0.05) is 30.6 Å². The summed E-state index contributed by atoms with van der Waals surface area (Å²) in [6, 6.07) is 2.23. The first-order chi connectivity index (χ1) is 12.6. The van der Waals surface area contributed by atoms with E-state index in [0.29, 0.717) is 0 Å². The lowest BCUT2D eigenvalue weighted by molar-refractivity contribution is -0.144. The van der Waals surface area contributed by atoms with Gasteiger partial charge in [-0.15, -0.1) is 0 Å². The van der Waals surface area contributed by atoms with E-state index in [9.17, 15) is 17.2 Å². The Bertz CT molecular complexity index is 837. The molecule has 3 aliphatic rings. The van der Waals surface area contributed by atoms with E-state index in [1.54, 1.807) is 6.92 Å².